The molecule has 4 heteroatoms. The second-order valence-electron chi connectivity index (χ2n) is 5.42. The summed E-state index contributed by atoms with van der Waals surface area (Å²) < 4.78 is 0. The highest BCUT2D eigenvalue weighted by Crippen LogP contribution is 2.23. The zero-order valence-corrected chi connectivity index (χ0v) is 11.7. The number of carbonyl (C=O) groups excluding carboxylic acids is 1. The van der Waals surface area contributed by atoms with Gasteiger partial charge in [0.2, 0.25) is 5.91 Å². The Morgan fingerprint density at radius 2 is 1.79 bits per heavy atom. The molecular weight excluding hydrogens is 242 g/mol. The van der Waals surface area contributed by atoms with E-state index in [1.54, 1.807) is 25.8 Å². The fourth-order valence-corrected chi connectivity index (χ4v) is 2.01. The molecule has 104 valence electrons. The molecule has 0 heterocycles. The number of rotatable bonds is 6. The third-order valence-electron chi connectivity index (χ3n) is 3.10. The molecule has 1 amide bonds. The summed E-state index contributed by atoms with van der Waals surface area (Å²) in [5.74, 6) is -1.08. The van der Waals surface area contributed by atoms with Crippen LogP contribution in [0.15, 0.2) is 30.3 Å². The summed E-state index contributed by atoms with van der Waals surface area (Å²) in [5, 5.41) is 8.82. The predicted molar refractivity (Wildman–Crippen MR) is 73.8 cm³/mol. The van der Waals surface area contributed by atoms with E-state index in [2.05, 4.69) is 0 Å². The smallest absolute Gasteiger partial charge is 0.304 e. The molecule has 0 bridgehead atoms. The lowest BCUT2D eigenvalue weighted by Gasteiger charge is -2.28. The summed E-state index contributed by atoms with van der Waals surface area (Å²) in [7, 11) is 1.72. The third kappa shape index (κ3) is 4.73. The molecule has 0 radical (unpaired) electrons. The van der Waals surface area contributed by atoms with Gasteiger partial charge in [-0.3, -0.25) is 9.59 Å². The zero-order chi connectivity index (χ0) is 14.5. The molecule has 0 atom stereocenters. The first-order valence-electron chi connectivity index (χ1n) is 6.34. The minimum atomic E-state index is -0.949. The highest BCUT2D eigenvalue weighted by atomic mass is 16.4. The van der Waals surface area contributed by atoms with Crippen LogP contribution in [-0.2, 0) is 16.0 Å². The SMILES string of the molecule is CN(CCc1ccccc1)C(=O)C(C)(C)CC(=O)O. The molecule has 1 aromatic carbocycles. The Kier molecular flexibility index (Phi) is 5.10. The Balaban J connectivity index is 2.55. The van der Waals surface area contributed by atoms with Gasteiger partial charge in [-0.15, -0.1) is 0 Å². The molecule has 0 fully saturated rings. The Morgan fingerprint density at radius 3 is 2.32 bits per heavy atom. The number of hydrogen-bond acceptors (Lipinski definition) is 2. The molecule has 1 N–H and O–H groups in total. The molecule has 0 aliphatic carbocycles. The van der Waals surface area contributed by atoms with Gasteiger partial charge in [-0.1, -0.05) is 44.2 Å². The highest BCUT2D eigenvalue weighted by molar-refractivity contribution is 5.86. The van der Waals surface area contributed by atoms with Crippen molar-refractivity contribution in [2.24, 2.45) is 5.41 Å². The Morgan fingerprint density at radius 1 is 1.21 bits per heavy atom. The van der Waals surface area contributed by atoms with E-state index in [0.717, 1.165) is 12.0 Å². The van der Waals surface area contributed by atoms with Crippen LogP contribution in [0.5, 0.6) is 0 Å². The molecule has 1 aromatic rings. The molecular formula is C15H21NO3. The number of nitrogens with zero attached hydrogens (tertiary/aromatic N) is 1. The first kappa shape index (κ1) is 15.2. The maximum absolute atomic E-state index is 12.2. The van der Waals surface area contributed by atoms with Crippen molar-refractivity contribution in [1.82, 2.24) is 4.90 Å². The second-order valence-corrected chi connectivity index (χ2v) is 5.42. The van der Waals surface area contributed by atoms with Crippen molar-refractivity contribution in [3.05, 3.63) is 35.9 Å². The number of benzene rings is 1. The van der Waals surface area contributed by atoms with E-state index in [0.29, 0.717) is 6.54 Å². The Bertz CT molecular complexity index is 440. The Labute approximate surface area is 114 Å². The van der Waals surface area contributed by atoms with Crippen LogP contribution < -0.4 is 0 Å². The van der Waals surface area contributed by atoms with Gasteiger partial charge in [0, 0.05) is 13.6 Å². The lowest BCUT2D eigenvalue weighted by Crippen LogP contribution is -2.40. The monoisotopic (exact) mass is 263 g/mol. The fourth-order valence-electron chi connectivity index (χ4n) is 2.01. The van der Waals surface area contributed by atoms with Crippen molar-refractivity contribution in [2.45, 2.75) is 26.7 Å². The minimum Gasteiger partial charge on any atom is -0.481 e. The molecule has 0 aromatic heterocycles. The predicted octanol–water partition coefficient (Wildman–Crippen LogP) is 2.19. The summed E-state index contributed by atoms with van der Waals surface area (Å²) in [6.45, 7) is 3.93. The van der Waals surface area contributed by atoms with Crippen molar-refractivity contribution in [3.63, 3.8) is 0 Å². The van der Waals surface area contributed by atoms with Crippen molar-refractivity contribution in [2.75, 3.05) is 13.6 Å². The maximum atomic E-state index is 12.2. The van der Waals surface area contributed by atoms with E-state index < -0.39 is 11.4 Å². The minimum absolute atomic E-state index is 0.133. The van der Waals surface area contributed by atoms with Gasteiger partial charge in [0.05, 0.1) is 11.8 Å². The zero-order valence-electron chi connectivity index (χ0n) is 11.7. The molecule has 1 rings (SSSR count). The summed E-state index contributed by atoms with van der Waals surface area (Å²) in [5.41, 5.74) is 0.301. The highest BCUT2D eigenvalue weighted by Gasteiger charge is 2.32. The van der Waals surface area contributed by atoms with Gasteiger partial charge in [-0.05, 0) is 12.0 Å². The van der Waals surface area contributed by atoms with Gasteiger partial charge in [-0.2, -0.15) is 0 Å². The summed E-state index contributed by atoms with van der Waals surface area (Å²) >= 11 is 0. The second kappa shape index (κ2) is 6.36. The molecule has 0 saturated carbocycles. The number of carbonyl (C=O) groups is 2. The van der Waals surface area contributed by atoms with Crippen molar-refractivity contribution in [1.29, 1.82) is 0 Å². The van der Waals surface area contributed by atoms with Crippen molar-refractivity contribution < 1.29 is 14.7 Å². The van der Waals surface area contributed by atoms with Gasteiger partial charge in [-0.25, -0.2) is 0 Å². The third-order valence-corrected chi connectivity index (χ3v) is 3.10. The average Bonchev–Trinajstić information content (AvgIpc) is 2.34. The van der Waals surface area contributed by atoms with Gasteiger partial charge in [0.25, 0.3) is 0 Å². The van der Waals surface area contributed by atoms with E-state index in [1.807, 2.05) is 30.3 Å². The lowest BCUT2D eigenvalue weighted by molar-refractivity contribution is -0.148. The summed E-state index contributed by atoms with van der Waals surface area (Å²) in [6.07, 6.45) is 0.619. The quantitative estimate of drug-likeness (QED) is 0.856. The fraction of sp³-hybridized carbons (Fsp3) is 0.467. The van der Waals surface area contributed by atoms with Crippen LogP contribution in [0.2, 0.25) is 0 Å². The van der Waals surface area contributed by atoms with Crippen LogP contribution in [0.3, 0.4) is 0 Å². The van der Waals surface area contributed by atoms with Crippen LogP contribution in [-0.4, -0.2) is 35.5 Å². The standard InChI is InChI=1S/C15H21NO3/c1-15(2,11-13(17)18)14(19)16(3)10-9-12-7-5-4-6-8-12/h4-8H,9-11H2,1-3H3,(H,17,18). The number of carboxylic acid groups (broad SMARTS) is 1. The summed E-state index contributed by atoms with van der Waals surface area (Å²) in [6, 6.07) is 9.91. The maximum Gasteiger partial charge on any atom is 0.304 e. The van der Waals surface area contributed by atoms with Crippen LogP contribution >= 0.6 is 0 Å². The van der Waals surface area contributed by atoms with Gasteiger partial charge >= 0.3 is 5.97 Å². The number of hydrogen-bond donors (Lipinski definition) is 1. The molecule has 0 saturated heterocycles. The molecule has 0 aliphatic heterocycles. The van der Waals surface area contributed by atoms with Crippen molar-refractivity contribution >= 4 is 11.9 Å². The lowest BCUT2D eigenvalue weighted by atomic mass is 9.87. The Hall–Kier alpha value is -1.84. The van der Waals surface area contributed by atoms with E-state index in [-0.39, 0.29) is 12.3 Å². The van der Waals surface area contributed by atoms with Crippen LogP contribution in [0.1, 0.15) is 25.8 Å². The number of likely N-dealkylation sites (N-methyl/N-ethyl adjacent to an activating group) is 1. The molecule has 4 nitrogen and oxygen atoms in total. The van der Waals surface area contributed by atoms with Crippen LogP contribution in [0, 0.1) is 5.41 Å². The van der Waals surface area contributed by atoms with E-state index in [1.165, 1.54) is 0 Å². The van der Waals surface area contributed by atoms with Gasteiger partial charge in [0.1, 0.15) is 0 Å². The molecule has 19 heavy (non-hydrogen) atoms. The average molecular weight is 263 g/mol. The van der Waals surface area contributed by atoms with E-state index in [4.69, 9.17) is 5.11 Å². The normalized spacial score (nSPS) is 11.1. The summed E-state index contributed by atoms with van der Waals surface area (Å²) in [4.78, 5) is 24.5. The van der Waals surface area contributed by atoms with Crippen molar-refractivity contribution in [3.8, 4) is 0 Å². The molecule has 0 spiro atoms. The first-order valence-corrected chi connectivity index (χ1v) is 6.34. The topological polar surface area (TPSA) is 57.6 Å². The van der Waals surface area contributed by atoms with E-state index >= 15 is 0 Å². The first-order chi connectivity index (χ1) is 8.83. The van der Waals surface area contributed by atoms with E-state index in [9.17, 15) is 9.59 Å². The number of aliphatic carboxylic acids is 1. The van der Waals surface area contributed by atoms with Crippen LogP contribution in [0.4, 0.5) is 0 Å². The largest absolute Gasteiger partial charge is 0.481 e. The number of amides is 1. The van der Waals surface area contributed by atoms with Crippen LogP contribution in [0.25, 0.3) is 0 Å². The van der Waals surface area contributed by atoms with Gasteiger partial charge < -0.3 is 10.0 Å². The van der Waals surface area contributed by atoms with Gasteiger partial charge in [0.15, 0.2) is 0 Å². The molecule has 0 aliphatic rings. The molecule has 0 unspecified atom stereocenters. The number of carboxylic acids is 1.